The highest BCUT2D eigenvalue weighted by Crippen LogP contribution is 2.29. The van der Waals surface area contributed by atoms with Gasteiger partial charge in [-0.2, -0.15) is 0 Å². The summed E-state index contributed by atoms with van der Waals surface area (Å²) in [6, 6.07) is 0.569. The van der Waals surface area contributed by atoms with Crippen molar-refractivity contribution in [3.63, 3.8) is 0 Å². The van der Waals surface area contributed by atoms with Crippen LogP contribution >= 0.6 is 0 Å². The molecule has 1 aliphatic rings. The van der Waals surface area contributed by atoms with Crippen LogP contribution in [0.1, 0.15) is 30.3 Å². The predicted molar refractivity (Wildman–Crippen MR) is 55.0 cm³/mol. The molecule has 2 rings (SSSR count). The molecule has 1 aliphatic carbocycles. The Labute approximate surface area is 87.8 Å². The highest BCUT2D eigenvalue weighted by molar-refractivity contribution is 5.84. The third-order valence-electron chi connectivity index (χ3n) is 2.48. The second-order valence-electron chi connectivity index (χ2n) is 3.58. The number of carboxylic acids is 1. The van der Waals surface area contributed by atoms with Crippen molar-refractivity contribution < 1.29 is 9.90 Å². The van der Waals surface area contributed by atoms with E-state index in [1.165, 1.54) is 25.2 Å². The summed E-state index contributed by atoms with van der Waals surface area (Å²) < 4.78 is 0. The Balaban J connectivity index is 2.17. The summed E-state index contributed by atoms with van der Waals surface area (Å²) in [6.07, 6.45) is 5.22. The molecule has 1 fully saturated rings. The lowest BCUT2D eigenvalue weighted by Gasteiger charge is -2.20. The van der Waals surface area contributed by atoms with Crippen LogP contribution in [0.5, 0.6) is 0 Å². The second-order valence-corrected chi connectivity index (χ2v) is 3.58. The predicted octanol–water partition coefficient (Wildman–Crippen LogP) is 1.16. The normalized spacial score (nSPS) is 15.0. The molecule has 80 valence electrons. The van der Waals surface area contributed by atoms with Gasteiger partial charge in [-0.15, -0.1) is 0 Å². The minimum absolute atomic E-state index is 0.00870. The summed E-state index contributed by atoms with van der Waals surface area (Å²) in [5, 5.41) is 8.68. The fourth-order valence-corrected chi connectivity index (χ4v) is 1.57. The lowest BCUT2D eigenvalue weighted by atomic mass is 10.4. The van der Waals surface area contributed by atoms with Crippen LogP contribution in [0.25, 0.3) is 0 Å². The topological polar surface area (TPSA) is 66.3 Å². The number of carbonyl (C=O) groups is 1. The van der Waals surface area contributed by atoms with Crippen LogP contribution in [-0.4, -0.2) is 33.6 Å². The first-order valence-corrected chi connectivity index (χ1v) is 5.04. The molecule has 0 atom stereocenters. The van der Waals surface area contributed by atoms with Crippen LogP contribution in [0.4, 0.5) is 5.82 Å². The standard InChI is InChI=1S/C10H13N3O2/c1-2-13(7-3-4-7)9-6-11-8(5-12-9)10(14)15/h5-7H,2-4H2,1H3,(H,14,15). The zero-order valence-corrected chi connectivity index (χ0v) is 8.55. The van der Waals surface area contributed by atoms with E-state index in [9.17, 15) is 4.79 Å². The molecule has 1 aromatic heterocycles. The molecule has 5 nitrogen and oxygen atoms in total. The maximum atomic E-state index is 10.6. The molecule has 0 radical (unpaired) electrons. The van der Waals surface area contributed by atoms with E-state index in [4.69, 9.17) is 5.11 Å². The molecule has 0 saturated heterocycles. The number of rotatable bonds is 4. The van der Waals surface area contributed by atoms with Gasteiger partial charge in [-0.1, -0.05) is 0 Å². The van der Waals surface area contributed by atoms with Gasteiger partial charge in [0.15, 0.2) is 5.69 Å². The van der Waals surface area contributed by atoms with Gasteiger partial charge in [0.25, 0.3) is 0 Å². The number of hydrogen-bond donors (Lipinski definition) is 1. The van der Waals surface area contributed by atoms with Crippen molar-refractivity contribution in [3.05, 3.63) is 18.1 Å². The Morgan fingerprint density at radius 2 is 2.27 bits per heavy atom. The van der Waals surface area contributed by atoms with Crippen LogP contribution in [0.3, 0.4) is 0 Å². The second kappa shape index (κ2) is 3.84. The monoisotopic (exact) mass is 207 g/mol. The van der Waals surface area contributed by atoms with Crippen molar-refractivity contribution in [1.82, 2.24) is 9.97 Å². The fraction of sp³-hybridized carbons (Fsp3) is 0.500. The van der Waals surface area contributed by atoms with E-state index in [1.807, 2.05) is 0 Å². The Bertz CT molecular complexity index is 359. The average Bonchev–Trinajstić information content (AvgIpc) is 3.04. The number of anilines is 1. The molecule has 0 amide bonds. The van der Waals surface area contributed by atoms with Gasteiger partial charge in [0.1, 0.15) is 5.82 Å². The molecule has 15 heavy (non-hydrogen) atoms. The van der Waals surface area contributed by atoms with E-state index < -0.39 is 5.97 Å². The molecule has 1 aromatic rings. The number of aromatic nitrogens is 2. The molecule has 0 bridgehead atoms. The van der Waals surface area contributed by atoms with E-state index in [1.54, 1.807) is 0 Å². The van der Waals surface area contributed by atoms with Gasteiger partial charge in [-0.3, -0.25) is 0 Å². The Morgan fingerprint density at radius 1 is 1.53 bits per heavy atom. The number of aromatic carboxylic acids is 1. The molecule has 0 aromatic carbocycles. The number of hydrogen-bond acceptors (Lipinski definition) is 4. The van der Waals surface area contributed by atoms with E-state index in [-0.39, 0.29) is 5.69 Å². The maximum absolute atomic E-state index is 10.6. The highest BCUT2D eigenvalue weighted by Gasteiger charge is 2.29. The van der Waals surface area contributed by atoms with E-state index in [2.05, 4.69) is 21.8 Å². The number of carboxylic acid groups (broad SMARTS) is 1. The van der Waals surface area contributed by atoms with Crippen molar-refractivity contribution in [2.24, 2.45) is 0 Å². The Morgan fingerprint density at radius 3 is 2.67 bits per heavy atom. The third-order valence-corrected chi connectivity index (χ3v) is 2.48. The minimum Gasteiger partial charge on any atom is -0.476 e. The van der Waals surface area contributed by atoms with Crippen molar-refractivity contribution in [3.8, 4) is 0 Å². The highest BCUT2D eigenvalue weighted by atomic mass is 16.4. The Hall–Kier alpha value is -1.65. The third kappa shape index (κ3) is 2.06. The van der Waals surface area contributed by atoms with Gasteiger partial charge in [0.2, 0.25) is 0 Å². The Kier molecular flexibility index (Phi) is 2.53. The zero-order chi connectivity index (χ0) is 10.8. The van der Waals surface area contributed by atoms with Crippen LogP contribution < -0.4 is 4.90 Å². The molecule has 5 heteroatoms. The molecule has 0 aliphatic heterocycles. The summed E-state index contributed by atoms with van der Waals surface area (Å²) in [6.45, 7) is 2.94. The van der Waals surface area contributed by atoms with Gasteiger partial charge < -0.3 is 10.0 Å². The van der Waals surface area contributed by atoms with Crippen LogP contribution in [0.15, 0.2) is 12.4 Å². The summed E-state index contributed by atoms with van der Waals surface area (Å²) in [4.78, 5) is 20.7. The van der Waals surface area contributed by atoms with E-state index >= 15 is 0 Å². The molecule has 1 N–H and O–H groups in total. The summed E-state index contributed by atoms with van der Waals surface area (Å²) in [7, 11) is 0. The van der Waals surface area contributed by atoms with Crippen molar-refractivity contribution >= 4 is 11.8 Å². The molecule has 1 saturated carbocycles. The van der Waals surface area contributed by atoms with E-state index in [0.29, 0.717) is 6.04 Å². The fourth-order valence-electron chi connectivity index (χ4n) is 1.57. The quantitative estimate of drug-likeness (QED) is 0.802. The smallest absolute Gasteiger partial charge is 0.356 e. The summed E-state index contributed by atoms with van der Waals surface area (Å²) in [5.41, 5.74) is -0.00870. The molecular weight excluding hydrogens is 194 g/mol. The van der Waals surface area contributed by atoms with Crippen molar-refractivity contribution in [2.45, 2.75) is 25.8 Å². The van der Waals surface area contributed by atoms with Crippen molar-refractivity contribution in [2.75, 3.05) is 11.4 Å². The minimum atomic E-state index is -1.04. The van der Waals surface area contributed by atoms with Gasteiger partial charge in [0, 0.05) is 12.6 Å². The van der Waals surface area contributed by atoms with Crippen LogP contribution in [-0.2, 0) is 0 Å². The summed E-state index contributed by atoms with van der Waals surface area (Å²) in [5.74, 6) is -0.270. The van der Waals surface area contributed by atoms with E-state index in [0.717, 1.165) is 12.4 Å². The van der Waals surface area contributed by atoms with Crippen LogP contribution in [0, 0.1) is 0 Å². The maximum Gasteiger partial charge on any atom is 0.356 e. The van der Waals surface area contributed by atoms with Gasteiger partial charge in [0.05, 0.1) is 12.4 Å². The largest absolute Gasteiger partial charge is 0.476 e. The SMILES string of the molecule is CCN(c1cnc(C(=O)O)cn1)C1CC1. The zero-order valence-electron chi connectivity index (χ0n) is 8.55. The lowest BCUT2D eigenvalue weighted by Crippen LogP contribution is -2.26. The first-order valence-electron chi connectivity index (χ1n) is 5.04. The lowest BCUT2D eigenvalue weighted by molar-refractivity contribution is 0.0690. The average molecular weight is 207 g/mol. The molecule has 0 spiro atoms. The summed E-state index contributed by atoms with van der Waals surface area (Å²) >= 11 is 0. The molecular formula is C10H13N3O2. The first-order chi connectivity index (χ1) is 7.22. The molecule has 1 heterocycles. The number of nitrogens with zero attached hydrogens (tertiary/aromatic N) is 3. The van der Waals surface area contributed by atoms with Gasteiger partial charge in [-0.25, -0.2) is 14.8 Å². The van der Waals surface area contributed by atoms with Gasteiger partial charge in [-0.05, 0) is 19.8 Å². The van der Waals surface area contributed by atoms with Gasteiger partial charge >= 0.3 is 5.97 Å². The molecule has 0 unspecified atom stereocenters. The van der Waals surface area contributed by atoms with Crippen LogP contribution in [0.2, 0.25) is 0 Å². The van der Waals surface area contributed by atoms with Crippen molar-refractivity contribution in [1.29, 1.82) is 0 Å². The first kappa shape index (κ1) is 9.89.